The molecule has 0 bridgehead atoms. The van der Waals surface area contributed by atoms with Gasteiger partial charge in [0.1, 0.15) is 0 Å². The average Bonchev–Trinajstić information content (AvgIpc) is 2.05. The second-order valence-corrected chi connectivity index (χ2v) is 5.22. The van der Waals surface area contributed by atoms with E-state index in [4.69, 9.17) is 0 Å². The van der Waals surface area contributed by atoms with Gasteiger partial charge >= 0.3 is 0 Å². The minimum absolute atomic E-state index is 0.431. The Morgan fingerprint density at radius 2 is 2.42 bits per heavy atom. The molecule has 2 aliphatic rings. The molecular formula is C9H18N2S. The van der Waals surface area contributed by atoms with Crippen LogP contribution in [0.4, 0.5) is 0 Å². The van der Waals surface area contributed by atoms with Crippen molar-refractivity contribution in [2.45, 2.75) is 31.3 Å². The van der Waals surface area contributed by atoms with E-state index < -0.39 is 0 Å². The normalized spacial score (nSPS) is 43.2. The molecule has 2 saturated heterocycles. The number of piperazine rings is 1. The third kappa shape index (κ3) is 1.78. The Morgan fingerprint density at radius 3 is 3.08 bits per heavy atom. The predicted molar refractivity (Wildman–Crippen MR) is 54.8 cm³/mol. The minimum Gasteiger partial charge on any atom is -0.313 e. The molecule has 2 N–H and O–H groups in total. The molecule has 2 aliphatic heterocycles. The smallest absolute Gasteiger partial charge is 0.0400 e. The lowest BCUT2D eigenvalue weighted by molar-refractivity contribution is 0.237. The maximum atomic E-state index is 3.75. The molecule has 70 valence electrons. The van der Waals surface area contributed by atoms with E-state index >= 15 is 0 Å². The molecule has 0 aromatic carbocycles. The van der Waals surface area contributed by atoms with Crippen LogP contribution in [0, 0.1) is 0 Å². The summed E-state index contributed by atoms with van der Waals surface area (Å²) in [5.74, 6) is 2.65. The summed E-state index contributed by atoms with van der Waals surface area (Å²) in [6.07, 6.45) is 2.74. The summed E-state index contributed by atoms with van der Waals surface area (Å²) in [7, 11) is 0. The summed E-state index contributed by atoms with van der Waals surface area (Å²) in [6.45, 7) is 4.57. The molecule has 0 aliphatic carbocycles. The molecule has 0 amide bonds. The molecule has 0 saturated carbocycles. The third-order valence-corrected chi connectivity index (χ3v) is 4.12. The molecule has 1 unspecified atom stereocenters. The van der Waals surface area contributed by atoms with Gasteiger partial charge in [0.15, 0.2) is 0 Å². The van der Waals surface area contributed by atoms with Gasteiger partial charge < -0.3 is 10.6 Å². The summed E-state index contributed by atoms with van der Waals surface area (Å²) in [6, 6.07) is 0.650. The Morgan fingerprint density at radius 1 is 1.50 bits per heavy atom. The zero-order chi connectivity index (χ0) is 8.44. The summed E-state index contributed by atoms with van der Waals surface area (Å²) in [5.41, 5.74) is 0.431. The van der Waals surface area contributed by atoms with Gasteiger partial charge in [-0.3, -0.25) is 0 Å². The van der Waals surface area contributed by atoms with Crippen LogP contribution in [0.25, 0.3) is 0 Å². The van der Waals surface area contributed by atoms with Gasteiger partial charge in [0.05, 0.1) is 0 Å². The molecule has 1 spiro atoms. The van der Waals surface area contributed by atoms with Crippen LogP contribution in [0.15, 0.2) is 0 Å². The maximum absolute atomic E-state index is 3.75. The van der Waals surface area contributed by atoms with Crippen molar-refractivity contribution in [3.8, 4) is 0 Å². The zero-order valence-electron chi connectivity index (χ0n) is 7.73. The van der Waals surface area contributed by atoms with Crippen LogP contribution < -0.4 is 10.6 Å². The first kappa shape index (κ1) is 8.85. The Hall–Kier alpha value is 0.270. The Balaban J connectivity index is 1.97. The van der Waals surface area contributed by atoms with Crippen molar-refractivity contribution in [2.75, 3.05) is 24.6 Å². The van der Waals surface area contributed by atoms with Crippen LogP contribution in [0.5, 0.6) is 0 Å². The fourth-order valence-electron chi connectivity index (χ4n) is 2.26. The lowest BCUT2D eigenvalue weighted by Gasteiger charge is -2.44. The van der Waals surface area contributed by atoms with E-state index in [9.17, 15) is 0 Å². The highest BCUT2D eigenvalue weighted by atomic mass is 32.2. The lowest BCUT2D eigenvalue weighted by atomic mass is 9.92. The number of thioether (sulfide) groups is 1. The van der Waals surface area contributed by atoms with Gasteiger partial charge in [0.25, 0.3) is 0 Å². The molecule has 0 aromatic rings. The quantitative estimate of drug-likeness (QED) is 0.586. The number of rotatable bonds is 0. The SMILES string of the molecule is C[C@@H]1CNCC2(CCCSC2)N1. The van der Waals surface area contributed by atoms with Crippen LogP contribution in [0.1, 0.15) is 19.8 Å². The minimum atomic E-state index is 0.431. The van der Waals surface area contributed by atoms with Crippen molar-refractivity contribution < 1.29 is 0 Å². The fraction of sp³-hybridized carbons (Fsp3) is 1.00. The van der Waals surface area contributed by atoms with Crippen molar-refractivity contribution in [1.29, 1.82) is 0 Å². The molecule has 2 heterocycles. The average molecular weight is 186 g/mol. The first-order valence-electron chi connectivity index (χ1n) is 4.87. The van der Waals surface area contributed by atoms with Crippen LogP contribution in [-0.2, 0) is 0 Å². The van der Waals surface area contributed by atoms with Crippen LogP contribution in [-0.4, -0.2) is 36.2 Å². The highest BCUT2D eigenvalue weighted by Crippen LogP contribution is 2.27. The van der Waals surface area contributed by atoms with Crippen LogP contribution in [0.3, 0.4) is 0 Å². The highest BCUT2D eigenvalue weighted by Gasteiger charge is 2.35. The third-order valence-electron chi connectivity index (χ3n) is 2.79. The molecule has 0 radical (unpaired) electrons. The van der Waals surface area contributed by atoms with E-state index in [1.807, 2.05) is 0 Å². The van der Waals surface area contributed by atoms with Gasteiger partial charge in [0, 0.05) is 30.4 Å². The van der Waals surface area contributed by atoms with E-state index in [2.05, 4.69) is 29.3 Å². The van der Waals surface area contributed by atoms with Gasteiger partial charge in [-0.05, 0) is 25.5 Å². The lowest BCUT2D eigenvalue weighted by Crippen LogP contribution is -2.65. The highest BCUT2D eigenvalue weighted by molar-refractivity contribution is 7.99. The Labute approximate surface area is 78.9 Å². The summed E-state index contributed by atoms with van der Waals surface area (Å²) in [4.78, 5) is 0. The largest absolute Gasteiger partial charge is 0.313 e. The molecule has 3 heteroatoms. The topological polar surface area (TPSA) is 24.1 Å². The Kier molecular flexibility index (Phi) is 2.63. The van der Waals surface area contributed by atoms with E-state index in [0.717, 1.165) is 6.54 Å². The Bertz CT molecular complexity index is 149. The van der Waals surface area contributed by atoms with E-state index in [0.29, 0.717) is 11.6 Å². The van der Waals surface area contributed by atoms with Crippen LogP contribution >= 0.6 is 11.8 Å². The fourth-order valence-corrected chi connectivity index (χ4v) is 3.47. The zero-order valence-corrected chi connectivity index (χ0v) is 8.54. The summed E-state index contributed by atoms with van der Waals surface area (Å²) in [5, 5.41) is 7.27. The van der Waals surface area contributed by atoms with Gasteiger partial charge in [-0.1, -0.05) is 0 Å². The molecule has 2 rings (SSSR count). The van der Waals surface area contributed by atoms with Crippen molar-refractivity contribution in [2.24, 2.45) is 0 Å². The van der Waals surface area contributed by atoms with Crippen molar-refractivity contribution in [3.05, 3.63) is 0 Å². The second kappa shape index (κ2) is 3.56. The number of nitrogens with one attached hydrogen (secondary N) is 2. The first-order chi connectivity index (χ1) is 5.81. The molecule has 2 fully saturated rings. The summed E-state index contributed by atoms with van der Waals surface area (Å²) >= 11 is 2.10. The monoisotopic (exact) mass is 186 g/mol. The number of hydrogen-bond acceptors (Lipinski definition) is 3. The van der Waals surface area contributed by atoms with Crippen molar-refractivity contribution >= 4 is 11.8 Å². The second-order valence-electron chi connectivity index (χ2n) is 4.11. The summed E-state index contributed by atoms with van der Waals surface area (Å²) < 4.78 is 0. The van der Waals surface area contributed by atoms with E-state index in [1.165, 1.54) is 30.9 Å². The standard InChI is InChI=1S/C9H18N2S/c1-8-5-10-6-9(11-8)3-2-4-12-7-9/h8,10-11H,2-7H2,1H3/t8-,9?/m1/s1. The molecular weight excluding hydrogens is 168 g/mol. The van der Waals surface area contributed by atoms with E-state index in [1.54, 1.807) is 0 Å². The first-order valence-corrected chi connectivity index (χ1v) is 6.02. The van der Waals surface area contributed by atoms with E-state index in [-0.39, 0.29) is 0 Å². The van der Waals surface area contributed by atoms with Crippen molar-refractivity contribution in [1.82, 2.24) is 10.6 Å². The van der Waals surface area contributed by atoms with Gasteiger partial charge in [-0.25, -0.2) is 0 Å². The van der Waals surface area contributed by atoms with Crippen LogP contribution in [0.2, 0.25) is 0 Å². The van der Waals surface area contributed by atoms with Gasteiger partial charge in [-0.15, -0.1) is 0 Å². The molecule has 12 heavy (non-hydrogen) atoms. The van der Waals surface area contributed by atoms with Crippen molar-refractivity contribution in [3.63, 3.8) is 0 Å². The van der Waals surface area contributed by atoms with Gasteiger partial charge in [-0.2, -0.15) is 11.8 Å². The number of hydrogen-bond donors (Lipinski definition) is 2. The molecule has 0 aromatic heterocycles. The molecule has 2 atom stereocenters. The predicted octanol–water partition coefficient (Wildman–Crippen LogP) is 0.833. The maximum Gasteiger partial charge on any atom is 0.0400 e. The van der Waals surface area contributed by atoms with Gasteiger partial charge in [0.2, 0.25) is 0 Å². The molecule has 2 nitrogen and oxygen atoms in total.